The van der Waals surface area contributed by atoms with Gasteiger partial charge in [-0.25, -0.2) is 9.36 Å². The number of rotatable bonds is 4. The van der Waals surface area contributed by atoms with E-state index in [4.69, 9.17) is 10.2 Å². The molecule has 0 aliphatic heterocycles. The van der Waals surface area contributed by atoms with E-state index < -0.39 is 0 Å². The molecule has 0 radical (unpaired) electrons. The monoisotopic (exact) mass is 368 g/mol. The number of aromatic nitrogens is 4. The van der Waals surface area contributed by atoms with Gasteiger partial charge in [0, 0.05) is 23.2 Å². The third kappa shape index (κ3) is 3.15. The first kappa shape index (κ1) is 18.8. The Kier molecular flexibility index (Phi) is 4.94. The summed E-state index contributed by atoms with van der Waals surface area (Å²) in [5.41, 5.74) is 5.88. The van der Waals surface area contributed by atoms with E-state index in [0.717, 1.165) is 6.67 Å². The predicted molar refractivity (Wildman–Crippen MR) is 110 cm³/mol. The highest BCUT2D eigenvalue weighted by Crippen LogP contribution is 2.44. The molecule has 0 amide bonds. The SMILES string of the molecule is CC(C)[C@@H]1CC[C@H](C)c2cnn(Cn3ncc4c3[C@@H](C(C)C)CC[C@H]4C)c21. The van der Waals surface area contributed by atoms with Crippen LogP contribution in [0.2, 0.25) is 0 Å². The van der Waals surface area contributed by atoms with Crippen LogP contribution in [0.3, 0.4) is 0 Å². The Labute approximate surface area is 164 Å². The van der Waals surface area contributed by atoms with Crippen molar-refractivity contribution in [3.63, 3.8) is 0 Å². The molecule has 2 heterocycles. The normalized spacial score (nSPS) is 27.9. The van der Waals surface area contributed by atoms with Gasteiger partial charge in [-0.05, 0) is 60.5 Å². The van der Waals surface area contributed by atoms with E-state index in [-0.39, 0.29) is 0 Å². The first-order valence-electron chi connectivity index (χ1n) is 11.0. The molecular formula is C23H36N4. The molecule has 27 heavy (non-hydrogen) atoms. The van der Waals surface area contributed by atoms with Crippen molar-refractivity contribution < 1.29 is 0 Å². The predicted octanol–water partition coefficient (Wildman–Crippen LogP) is 5.86. The lowest BCUT2D eigenvalue weighted by atomic mass is 9.76. The molecular weight excluding hydrogens is 332 g/mol. The van der Waals surface area contributed by atoms with Gasteiger partial charge >= 0.3 is 0 Å². The Balaban J connectivity index is 1.73. The second-order valence-corrected chi connectivity index (χ2v) is 9.77. The van der Waals surface area contributed by atoms with Crippen molar-refractivity contribution >= 4 is 0 Å². The lowest BCUT2D eigenvalue weighted by molar-refractivity contribution is 0.348. The first-order chi connectivity index (χ1) is 12.9. The number of fused-ring (bicyclic) bond motifs is 2. The van der Waals surface area contributed by atoms with Crippen molar-refractivity contribution in [2.24, 2.45) is 11.8 Å². The fourth-order valence-corrected chi connectivity index (χ4v) is 5.48. The van der Waals surface area contributed by atoms with Crippen molar-refractivity contribution in [2.45, 2.75) is 97.6 Å². The third-order valence-electron chi connectivity index (χ3n) is 7.28. The quantitative estimate of drug-likeness (QED) is 0.677. The number of hydrogen-bond donors (Lipinski definition) is 0. The fraction of sp³-hybridized carbons (Fsp3) is 0.739. The topological polar surface area (TPSA) is 35.6 Å². The highest BCUT2D eigenvalue weighted by molar-refractivity contribution is 5.31. The van der Waals surface area contributed by atoms with Gasteiger partial charge in [0.2, 0.25) is 0 Å². The molecule has 2 aliphatic carbocycles. The smallest absolute Gasteiger partial charge is 0.133 e. The van der Waals surface area contributed by atoms with Gasteiger partial charge in [0.1, 0.15) is 6.67 Å². The Morgan fingerprint density at radius 3 is 1.56 bits per heavy atom. The van der Waals surface area contributed by atoms with Crippen LogP contribution in [0.15, 0.2) is 12.4 Å². The summed E-state index contributed by atoms with van der Waals surface area (Å²) in [5, 5.41) is 9.70. The molecule has 2 aromatic heterocycles. The second-order valence-electron chi connectivity index (χ2n) is 9.77. The van der Waals surface area contributed by atoms with Crippen LogP contribution in [0.4, 0.5) is 0 Å². The summed E-state index contributed by atoms with van der Waals surface area (Å²) < 4.78 is 4.53. The van der Waals surface area contributed by atoms with E-state index >= 15 is 0 Å². The summed E-state index contributed by atoms with van der Waals surface area (Å²) in [6, 6.07) is 0. The van der Waals surface area contributed by atoms with Gasteiger partial charge in [-0.15, -0.1) is 0 Å². The van der Waals surface area contributed by atoms with E-state index in [0.29, 0.717) is 35.5 Å². The second kappa shape index (κ2) is 7.10. The minimum absolute atomic E-state index is 0.616. The molecule has 4 nitrogen and oxygen atoms in total. The van der Waals surface area contributed by atoms with Gasteiger partial charge < -0.3 is 0 Å². The summed E-state index contributed by atoms with van der Waals surface area (Å²) in [5.74, 6) is 3.79. The van der Waals surface area contributed by atoms with E-state index in [1.54, 1.807) is 0 Å². The summed E-state index contributed by atoms with van der Waals surface area (Å²) in [4.78, 5) is 0. The molecule has 0 N–H and O–H groups in total. The van der Waals surface area contributed by atoms with E-state index in [1.165, 1.54) is 48.2 Å². The lowest BCUT2D eigenvalue weighted by Crippen LogP contribution is -2.25. The summed E-state index contributed by atoms with van der Waals surface area (Å²) >= 11 is 0. The molecule has 0 bridgehead atoms. The summed E-state index contributed by atoms with van der Waals surface area (Å²) in [6.07, 6.45) is 9.39. The fourth-order valence-electron chi connectivity index (χ4n) is 5.48. The van der Waals surface area contributed by atoms with Crippen LogP contribution in [0.5, 0.6) is 0 Å². The van der Waals surface area contributed by atoms with E-state index in [9.17, 15) is 0 Å². The van der Waals surface area contributed by atoms with Crippen LogP contribution in [-0.4, -0.2) is 19.6 Å². The molecule has 0 fully saturated rings. The molecule has 148 valence electrons. The van der Waals surface area contributed by atoms with Crippen molar-refractivity contribution in [1.29, 1.82) is 0 Å². The van der Waals surface area contributed by atoms with Crippen molar-refractivity contribution in [2.75, 3.05) is 0 Å². The number of nitrogens with zero attached hydrogens (tertiary/aromatic N) is 4. The maximum Gasteiger partial charge on any atom is 0.133 e. The van der Waals surface area contributed by atoms with Gasteiger partial charge in [-0.3, -0.25) is 0 Å². The summed E-state index contributed by atoms with van der Waals surface area (Å²) in [7, 11) is 0. The van der Waals surface area contributed by atoms with Gasteiger partial charge in [0.15, 0.2) is 0 Å². The molecule has 2 aliphatic rings. The molecule has 0 unspecified atom stereocenters. The molecule has 4 heteroatoms. The average molecular weight is 369 g/mol. The Morgan fingerprint density at radius 1 is 0.778 bits per heavy atom. The number of hydrogen-bond acceptors (Lipinski definition) is 2. The molecule has 0 saturated carbocycles. The van der Waals surface area contributed by atoms with Gasteiger partial charge in [-0.1, -0.05) is 41.5 Å². The Hall–Kier alpha value is -1.58. The zero-order valence-corrected chi connectivity index (χ0v) is 17.9. The molecule has 4 atom stereocenters. The molecule has 0 aromatic carbocycles. The molecule has 2 aromatic rings. The van der Waals surface area contributed by atoms with Crippen LogP contribution in [0.1, 0.15) is 113 Å². The van der Waals surface area contributed by atoms with Gasteiger partial charge in [0.25, 0.3) is 0 Å². The maximum absolute atomic E-state index is 4.85. The molecule has 0 spiro atoms. The molecule has 0 saturated heterocycles. The summed E-state index contributed by atoms with van der Waals surface area (Å²) in [6.45, 7) is 14.9. The van der Waals surface area contributed by atoms with Gasteiger partial charge in [0.05, 0.1) is 12.4 Å². The zero-order chi connectivity index (χ0) is 19.3. The minimum atomic E-state index is 0.616. The van der Waals surface area contributed by atoms with Crippen LogP contribution >= 0.6 is 0 Å². The van der Waals surface area contributed by atoms with Crippen molar-refractivity contribution in [3.8, 4) is 0 Å². The van der Waals surface area contributed by atoms with Crippen molar-refractivity contribution in [1.82, 2.24) is 19.6 Å². The largest absolute Gasteiger partial charge is 0.247 e. The Morgan fingerprint density at radius 2 is 1.19 bits per heavy atom. The highest BCUT2D eigenvalue weighted by Gasteiger charge is 2.33. The van der Waals surface area contributed by atoms with Crippen LogP contribution in [0, 0.1) is 11.8 Å². The lowest BCUT2D eigenvalue weighted by Gasteiger charge is -2.32. The Bertz CT molecular complexity index is 731. The zero-order valence-electron chi connectivity index (χ0n) is 17.9. The standard InChI is InChI=1S/C23H36N4/c1-14(2)18-9-7-16(5)20-11-24-26(22(18)20)13-27-23-19(15(3)4)10-8-17(6)21(23)12-25-27/h11-12,14-19H,7-10,13H2,1-6H3/t16-,17+,18-,19+. The van der Waals surface area contributed by atoms with Crippen LogP contribution < -0.4 is 0 Å². The molecule has 4 rings (SSSR count). The highest BCUT2D eigenvalue weighted by atomic mass is 15.4. The van der Waals surface area contributed by atoms with E-state index in [1.807, 2.05) is 0 Å². The first-order valence-corrected chi connectivity index (χ1v) is 11.0. The maximum atomic E-state index is 4.85. The van der Waals surface area contributed by atoms with Crippen LogP contribution in [-0.2, 0) is 6.67 Å². The van der Waals surface area contributed by atoms with E-state index in [2.05, 4.69) is 63.3 Å². The third-order valence-corrected chi connectivity index (χ3v) is 7.28. The van der Waals surface area contributed by atoms with Crippen molar-refractivity contribution in [3.05, 3.63) is 34.9 Å². The van der Waals surface area contributed by atoms with Gasteiger partial charge in [-0.2, -0.15) is 10.2 Å². The minimum Gasteiger partial charge on any atom is -0.247 e. The average Bonchev–Trinajstić information content (AvgIpc) is 3.22. The van der Waals surface area contributed by atoms with Crippen LogP contribution in [0.25, 0.3) is 0 Å².